The van der Waals surface area contributed by atoms with Gasteiger partial charge in [-0.05, 0) is 49.7 Å². The average Bonchev–Trinajstić information content (AvgIpc) is 2.70. The lowest BCUT2D eigenvalue weighted by atomic mass is 10.2. The molecule has 0 saturated carbocycles. The summed E-state index contributed by atoms with van der Waals surface area (Å²) in [5.74, 6) is -0.426. The Hall–Kier alpha value is -3.35. The lowest BCUT2D eigenvalue weighted by Gasteiger charge is -2.10. The van der Waals surface area contributed by atoms with Gasteiger partial charge in [-0.2, -0.15) is 0 Å². The summed E-state index contributed by atoms with van der Waals surface area (Å²) in [6.45, 7) is 3.76. The maximum Gasteiger partial charge on any atom is 0.276 e. The summed E-state index contributed by atoms with van der Waals surface area (Å²) in [6.07, 6.45) is 2.25. The van der Waals surface area contributed by atoms with Crippen LogP contribution in [0.3, 0.4) is 0 Å². The molecule has 0 saturated heterocycles. The van der Waals surface area contributed by atoms with Gasteiger partial charge >= 0.3 is 0 Å². The Labute approximate surface area is 164 Å². The van der Waals surface area contributed by atoms with Crippen molar-refractivity contribution in [2.45, 2.75) is 33.1 Å². The van der Waals surface area contributed by atoms with Gasteiger partial charge in [0, 0.05) is 17.7 Å². The molecule has 28 heavy (non-hydrogen) atoms. The standard InChI is InChI=1S/C21H25N3O4/c1-3-4-5-19(25)22-17-10-8-16(9-11-17)21(27)24-23-20(26)14-28-18-12-6-15(2)7-13-18/h6-13H,3-5,14H2,1-2H3,(H,22,25)(H,23,26)(H,24,27). The maximum absolute atomic E-state index is 12.1. The molecule has 0 radical (unpaired) electrons. The largest absolute Gasteiger partial charge is 0.484 e. The van der Waals surface area contributed by atoms with Crippen molar-refractivity contribution in [3.8, 4) is 5.75 Å². The maximum atomic E-state index is 12.1. The number of unbranched alkanes of at least 4 members (excludes halogenated alkanes) is 1. The fourth-order valence-corrected chi connectivity index (χ4v) is 2.28. The smallest absolute Gasteiger partial charge is 0.276 e. The molecule has 0 heterocycles. The number of hydrogen-bond donors (Lipinski definition) is 3. The second-order valence-electron chi connectivity index (χ2n) is 6.33. The normalized spacial score (nSPS) is 10.1. The first-order valence-electron chi connectivity index (χ1n) is 9.16. The number of nitrogens with one attached hydrogen (secondary N) is 3. The first-order chi connectivity index (χ1) is 13.5. The van der Waals surface area contributed by atoms with E-state index in [2.05, 4.69) is 16.2 Å². The van der Waals surface area contributed by atoms with Gasteiger partial charge in [0.2, 0.25) is 5.91 Å². The molecule has 0 fully saturated rings. The topological polar surface area (TPSA) is 96.5 Å². The van der Waals surface area contributed by atoms with Crippen LogP contribution in [0.25, 0.3) is 0 Å². The molecule has 0 atom stereocenters. The van der Waals surface area contributed by atoms with Gasteiger partial charge in [0.05, 0.1) is 0 Å². The predicted octanol–water partition coefficient (Wildman–Crippen LogP) is 2.96. The van der Waals surface area contributed by atoms with E-state index in [0.29, 0.717) is 23.4 Å². The molecule has 0 aliphatic rings. The quantitative estimate of drug-likeness (QED) is 0.611. The van der Waals surface area contributed by atoms with Gasteiger partial charge in [0.25, 0.3) is 11.8 Å². The summed E-state index contributed by atoms with van der Waals surface area (Å²) in [5, 5.41) is 2.77. The number of aryl methyl sites for hydroxylation is 1. The van der Waals surface area contributed by atoms with Crippen LogP contribution in [-0.2, 0) is 9.59 Å². The van der Waals surface area contributed by atoms with Crippen LogP contribution in [0.2, 0.25) is 0 Å². The molecule has 0 aromatic heterocycles. The van der Waals surface area contributed by atoms with Crippen molar-refractivity contribution in [2.24, 2.45) is 0 Å². The van der Waals surface area contributed by atoms with Crippen molar-refractivity contribution in [3.05, 3.63) is 59.7 Å². The zero-order chi connectivity index (χ0) is 20.4. The van der Waals surface area contributed by atoms with Gasteiger partial charge in [-0.3, -0.25) is 25.2 Å². The molecular weight excluding hydrogens is 358 g/mol. The first kappa shape index (κ1) is 21.0. The van der Waals surface area contributed by atoms with E-state index in [1.807, 2.05) is 26.0 Å². The lowest BCUT2D eigenvalue weighted by Crippen LogP contribution is -2.43. The van der Waals surface area contributed by atoms with E-state index < -0.39 is 11.8 Å². The highest BCUT2D eigenvalue weighted by molar-refractivity contribution is 5.96. The van der Waals surface area contributed by atoms with Crippen LogP contribution in [-0.4, -0.2) is 24.3 Å². The van der Waals surface area contributed by atoms with Crippen LogP contribution in [0, 0.1) is 6.92 Å². The number of anilines is 1. The number of benzene rings is 2. The highest BCUT2D eigenvalue weighted by Gasteiger charge is 2.09. The number of carbonyl (C=O) groups excluding carboxylic acids is 3. The molecule has 3 amide bonds. The molecule has 2 rings (SSSR count). The summed E-state index contributed by atoms with van der Waals surface area (Å²) in [4.78, 5) is 35.6. The van der Waals surface area contributed by atoms with Crippen LogP contribution in [0.1, 0.15) is 42.1 Å². The van der Waals surface area contributed by atoms with E-state index in [9.17, 15) is 14.4 Å². The minimum Gasteiger partial charge on any atom is -0.484 e. The third kappa shape index (κ3) is 7.11. The molecular formula is C21H25N3O4. The fraction of sp³-hybridized carbons (Fsp3) is 0.286. The summed E-state index contributed by atoms with van der Waals surface area (Å²) < 4.78 is 5.34. The third-order valence-electron chi connectivity index (χ3n) is 3.89. The van der Waals surface area contributed by atoms with E-state index in [4.69, 9.17) is 4.74 Å². The van der Waals surface area contributed by atoms with Crippen LogP contribution < -0.4 is 20.9 Å². The van der Waals surface area contributed by atoms with Gasteiger partial charge in [-0.1, -0.05) is 31.0 Å². The van der Waals surface area contributed by atoms with E-state index in [0.717, 1.165) is 18.4 Å². The monoisotopic (exact) mass is 383 g/mol. The Bertz CT molecular complexity index is 801. The van der Waals surface area contributed by atoms with E-state index in [-0.39, 0.29) is 12.5 Å². The predicted molar refractivity (Wildman–Crippen MR) is 107 cm³/mol. The molecule has 7 heteroatoms. The van der Waals surface area contributed by atoms with Crippen molar-refractivity contribution in [1.82, 2.24) is 10.9 Å². The molecule has 0 unspecified atom stereocenters. The molecule has 0 aliphatic carbocycles. The summed E-state index contributed by atoms with van der Waals surface area (Å²) in [5.41, 5.74) is 6.69. The Kier molecular flexibility index (Phi) is 8.02. The Morgan fingerprint density at radius 1 is 0.893 bits per heavy atom. The molecule has 7 nitrogen and oxygen atoms in total. The van der Waals surface area contributed by atoms with E-state index in [1.54, 1.807) is 36.4 Å². The van der Waals surface area contributed by atoms with Crippen LogP contribution in [0.15, 0.2) is 48.5 Å². The molecule has 0 bridgehead atoms. The van der Waals surface area contributed by atoms with Gasteiger partial charge < -0.3 is 10.1 Å². The number of rotatable bonds is 8. The van der Waals surface area contributed by atoms with Gasteiger partial charge in [0.15, 0.2) is 6.61 Å². The average molecular weight is 383 g/mol. The molecule has 3 N–H and O–H groups in total. The van der Waals surface area contributed by atoms with Crippen LogP contribution >= 0.6 is 0 Å². The molecule has 0 spiro atoms. The zero-order valence-corrected chi connectivity index (χ0v) is 16.1. The van der Waals surface area contributed by atoms with Gasteiger partial charge in [0.1, 0.15) is 5.75 Å². The van der Waals surface area contributed by atoms with E-state index >= 15 is 0 Å². The van der Waals surface area contributed by atoms with E-state index in [1.165, 1.54) is 0 Å². The summed E-state index contributed by atoms with van der Waals surface area (Å²) in [6, 6.07) is 13.7. The Morgan fingerprint density at radius 2 is 1.57 bits per heavy atom. The molecule has 0 aliphatic heterocycles. The molecule has 2 aromatic carbocycles. The molecule has 2 aromatic rings. The number of hydrogen-bond acceptors (Lipinski definition) is 4. The number of ether oxygens (including phenoxy) is 1. The van der Waals surface area contributed by atoms with Crippen LogP contribution in [0.5, 0.6) is 5.75 Å². The first-order valence-corrected chi connectivity index (χ1v) is 9.16. The highest BCUT2D eigenvalue weighted by atomic mass is 16.5. The Morgan fingerprint density at radius 3 is 2.21 bits per heavy atom. The number of amides is 3. The lowest BCUT2D eigenvalue weighted by molar-refractivity contribution is -0.123. The van der Waals surface area contributed by atoms with Gasteiger partial charge in [-0.25, -0.2) is 0 Å². The zero-order valence-electron chi connectivity index (χ0n) is 16.1. The second kappa shape index (κ2) is 10.7. The third-order valence-corrected chi connectivity index (χ3v) is 3.89. The summed E-state index contributed by atoms with van der Waals surface area (Å²) in [7, 11) is 0. The minimum absolute atomic E-state index is 0.0557. The number of carbonyl (C=O) groups is 3. The molecule has 148 valence electrons. The number of hydrazine groups is 1. The second-order valence-corrected chi connectivity index (χ2v) is 6.33. The fourth-order valence-electron chi connectivity index (χ4n) is 2.28. The van der Waals surface area contributed by atoms with Crippen molar-refractivity contribution >= 4 is 23.4 Å². The van der Waals surface area contributed by atoms with Crippen molar-refractivity contribution in [1.29, 1.82) is 0 Å². The van der Waals surface area contributed by atoms with Crippen molar-refractivity contribution in [3.63, 3.8) is 0 Å². The van der Waals surface area contributed by atoms with Crippen LogP contribution in [0.4, 0.5) is 5.69 Å². The highest BCUT2D eigenvalue weighted by Crippen LogP contribution is 2.11. The van der Waals surface area contributed by atoms with Gasteiger partial charge in [-0.15, -0.1) is 0 Å². The van der Waals surface area contributed by atoms with Crippen molar-refractivity contribution in [2.75, 3.05) is 11.9 Å². The minimum atomic E-state index is -0.478. The summed E-state index contributed by atoms with van der Waals surface area (Å²) >= 11 is 0. The SMILES string of the molecule is CCCCC(=O)Nc1ccc(C(=O)NNC(=O)COc2ccc(C)cc2)cc1. The Balaban J connectivity index is 1.75. The van der Waals surface area contributed by atoms with Crippen molar-refractivity contribution < 1.29 is 19.1 Å².